The van der Waals surface area contributed by atoms with Gasteiger partial charge in [0, 0.05) is 13.8 Å². The zero-order valence-electron chi connectivity index (χ0n) is 10.1. The lowest BCUT2D eigenvalue weighted by atomic mass is 9.88. The first-order valence-corrected chi connectivity index (χ1v) is 5.96. The molecule has 0 saturated heterocycles. The number of nitrogens with zero attached hydrogens (tertiary/aromatic N) is 1. The molecule has 15 heavy (non-hydrogen) atoms. The average Bonchev–Trinajstić information content (AvgIpc) is 2.30. The van der Waals surface area contributed by atoms with Crippen LogP contribution in [0.5, 0.6) is 0 Å². The summed E-state index contributed by atoms with van der Waals surface area (Å²) in [6, 6.07) is 0. The van der Waals surface area contributed by atoms with E-state index >= 15 is 0 Å². The van der Waals surface area contributed by atoms with Crippen LogP contribution in [0.1, 0.15) is 52.9 Å². The number of allylic oxidation sites excluding steroid dienone is 2. The van der Waals surface area contributed by atoms with Crippen LogP contribution in [0.25, 0.3) is 0 Å². The molecule has 0 aromatic heterocycles. The second-order valence-corrected chi connectivity index (χ2v) is 4.23. The molecular weight excluding hydrogens is 186 g/mol. The predicted molar refractivity (Wildman–Crippen MR) is 63.0 cm³/mol. The summed E-state index contributed by atoms with van der Waals surface area (Å²) >= 11 is 0. The first-order chi connectivity index (χ1) is 7.20. The Hall–Kier alpha value is -0.920. The molecule has 1 rings (SSSR count). The van der Waals surface area contributed by atoms with Crippen LogP contribution in [0.2, 0.25) is 0 Å². The number of carbonyl (C=O) groups is 1. The number of hydrogen-bond acceptors (Lipinski definition) is 1. The second kappa shape index (κ2) is 5.84. The summed E-state index contributed by atoms with van der Waals surface area (Å²) < 4.78 is 1.80. The van der Waals surface area contributed by atoms with E-state index in [4.69, 9.17) is 0 Å². The standard InChI is InChI=1S/C13H22NO/c1-4-11(3)14(5-2)13(15)12-9-7-6-8-10-12/h4-5,12H,6-10H2,1-3H3/q+1/b11-4+,14-5?. The lowest BCUT2D eigenvalue weighted by Crippen LogP contribution is -2.29. The Balaban J connectivity index is 2.73. The van der Waals surface area contributed by atoms with Crippen molar-refractivity contribution in [1.29, 1.82) is 0 Å². The topological polar surface area (TPSA) is 20.1 Å². The van der Waals surface area contributed by atoms with Gasteiger partial charge in [-0.15, -0.1) is 4.58 Å². The summed E-state index contributed by atoms with van der Waals surface area (Å²) in [5.41, 5.74) is 1.04. The number of amides is 1. The van der Waals surface area contributed by atoms with Crippen LogP contribution in [-0.4, -0.2) is 16.7 Å². The average molecular weight is 208 g/mol. The van der Waals surface area contributed by atoms with Crippen molar-refractivity contribution < 1.29 is 9.37 Å². The molecule has 0 N–H and O–H groups in total. The third kappa shape index (κ3) is 3.01. The Morgan fingerprint density at radius 3 is 2.27 bits per heavy atom. The van der Waals surface area contributed by atoms with Gasteiger partial charge in [0.2, 0.25) is 0 Å². The Morgan fingerprint density at radius 2 is 1.80 bits per heavy atom. The molecule has 1 aliphatic rings. The number of hydrogen-bond donors (Lipinski definition) is 0. The fourth-order valence-corrected chi connectivity index (χ4v) is 2.19. The third-order valence-electron chi connectivity index (χ3n) is 3.25. The van der Waals surface area contributed by atoms with Crippen LogP contribution in [0.3, 0.4) is 0 Å². The molecule has 0 unspecified atom stereocenters. The predicted octanol–water partition coefficient (Wildman–Crippen LogP) is 3.12. The SMILES string of the molecule is CC=[N+](C(=O)C1CCCCC1)/C(C)=C/C. The number of carbonyl (C=O) groups excluding carboxylic acids is 1. The molecule has 1 amide bonds. The first-order valence-electron chi connectivity index (χ1n) is 5.96. The molecule has 0 atom stereocenters. The molecule has 2 nitrogen and oxygen atoms in total. The minimum absolute atomic E-state index is 0.254. The quantitative estimate of drug-likeness (QED) is 0.504. The van der Waals surface area contributed by atoms with Gasteiger partial charge in [-0.1, -0.05) is 19.3 Å². The van der Waals surface area contributed by atoms with Gasteiger partial charge in [0.25, 0.3) is 0 Å². The van der Waals surface area contributed by atoms with Crippen LogP contribution in [0, 0.1) is 5.92 Å². The van der Waals surface area contributed by atoms with E-state index in [9.17, 15) is 4.79 Å². The highest BCUT2D eigenvalue weighted by Crippen LogP contribution is 2.25. The summed E-state index contributed by atoms with van der Waals surface area (Å²) in [7, 11) is 0. The van der Waals surface area contributed by atoms with Crippen molar-refractivity contribution in [3.8, 4) is 0 Å². The van der Waals surface area contributed by atoms with Crippen LogP contribution < -0.4 is 0 Å². The molecule has 0 aromatic rings. The summed E-state index contributed by atoms with van der Waals surface area (Å²) in [5, 5.41) is 0. The molecule has 0 heterocycles. The summed E-state index contributed by atoms with van der Waals surface area (Å²) in [6.07, 6.45) is 9.72. The van der Waals surface area contributed by atoms with Gasteiger partial charge in [0.05, 0.1) is 5.92 Å². The third-order valence-corrected chi connectivity index (χ3v) is 3.25. The normalized spacial score (nSPS) is 20.5. The largest absolute Gasteiger partial charge is 0.395 e. The molecule has 0 aliphatic heterocycles. The Labute approximate surface area is 92.7 Å². The molecule has 84 valence electrons. The van der Waals surface area contributed by atoms with Gasteiger partial charge in [-0.2, -0.15) is 0 Å². The van der Waals surface area contributed by atoms with Crippen LogP contribution >= 0.6 is 0 Å². The number of rotatable bonds is 2. The Bertz CT molecular complexity index is 283. The van der Waals surface area contributed by atoms with Crippen LogP contribution in [-0.2, 0) is 4.79 Å². The van der Waals surface area contributed by atoms with Gasteiger partial charge in [0.1, 0.15) is 0 Å². The Kier molecular flexibility index (Phi) is 4.73. The van der Waals surface area contributed by atoms with Crippen molar-refractivity contribution >= 4 is 12.1 Å². The second-order valence-electron chi connectivity index (χ2n) is 4.23. The summed E-state index contributed by atoms with van der Waals surface area (Å²) in [4.78, 5) is 12.2. The first kappa shape index (κ1) is 12.2. The van der Waals surface area contributed by atoms with Crippen LogP contribution in [0.15, 0.2) is 11.8 Å². The van der Waals surface area contributed by atoms with Gasteiger partial charge in [0.15, 0.2) is 11.9 Å². The highest BCUT2D eigenvalue weighted by Gasteiger charge is 2.30. The van der Waals surface area contributed by atoms with E-state index in [0.717, 1.165) is 18.5 Å². The minimum Gasteiger partial charge on any atom is -0.219 e. The van der Waals surface area contributed by atoms with Gasteiger partial charge < -0.3 is 0 Å². The maximum absolute atomic E-state index is 12.2. The van der Waals surface area contributed by atoms with E-state index in [-0.39, 0.29) is 11.8 Å². The van der Waals surface area contributed by atoms with Crippen molar-refractivity contribution in [3.63, 3.8) is 0 Å². The molecule has 1 saturated carbocycles. The molecular formula is C13H22NO+. The molecule has 0 spiro atoms. The van der Waals surface area contributed by atoms with E-state index in [1.165, 1.54) is 19.3 Å². The van der Waals surface area contributed by atoms with E-state index in [1.807, 2.05) is 33.1 Å². The van der Waals surface area contributed by atoms with Crippen LogP contribution in [0.4, 0.5) is 0 Å². The van der Waals surface area contributed by atoms with Crippen molar-refractivity contribution in [3.05, 3.63) is 11.8 Å². The zero-order chi connectivity index (χ0) is 11.3. The Morgan fingerprint density at radius 1 is 1.20 bits per heavy atom. The zero-order valence-corrected chi connectivity index (χ0v) is 10.1. The van der Waals surface area contributed by atoms with Crippen molar-refractivity contribution in [2.75, 3.05) is 0 Å². The van der Waals surface area contributed by atoms with Gasteiger partial charge in [-0.25, -0.2) is 4.79 Å². The summed E-state index contributed by atoms with van der Waals surface area (Å²) in [5.74, 6) is 0.539. The van der Waals surface area contributed by atoms with Gasteiger partial charge in [-0.3, -0.25) is 0 Å². The summed E-state index contributed by atoms with van der Waals surface area (Å²) in [6.45, 7) is 5.88. The fraction of sp³-hybridized carbons (Fsp3) is 0.692. The lowest BCUT2D eigenvalue weighted by molar-refractivity contribution is -0.401. The van der Waals surface area contributed by atoms with Gasteiger partial charge >= 0.3 is 5.91 Å². The maximum atomic E-state index is 12.2. The van der Waals surface area contributed by atoms with E-state index < -0.39 is 0 Å². The molecule has 1 fully saturated rings. The smallest absolute Gasteiger partial charge is 0.219 e. The monoisotopic (exact) mass is 208 g/mol. The lowest BCUT2D eigenvalue weighted by Gasteiger charge is -2.17. The van der Waals surface area contributed by atoms with E-state index in [1.54, 1.807) is 4.58 Å². The van der Waals surface area contributed by atoms with Crippen molar-refractivity contribution in [2.45, 2.75) is 52.9 Å². The molecule has 0 bridgehead atoms. The molecule has 2 heteroatoms. The fourth-order valence-electron chi connectivity index (χ4n) is 2.19. The minimum atomic E-state index is 0.254. The van der Waals surface area contributed by atoms with Crippen molar-refractivity contribution in [2.24, 2.45) is 5.92 Å². The van der Waals surface area contributed by atoms with Gasteiger partial charge in [-0.05, 0) is 25.8 Å². The highest BCUT2D eigenvalue weighted by atomic mass is 16.2. The molecule has 0 aromatic carbocycles. The molecule has 1 aliphatic carbocycles. The highest BCUT2D eigenvalue weighted by molar-refractivity contribution is 5.75. The van der Waals surface area contributed by atoms with Crippen molar-refractivity contribution in [1.82, 2.24) is 0 Å². The van der Waals surface area contributed by atoms with E-state index in [2.05, 4.69) is 0 Å². The van der Waals surface area contributed by atoms with E-state index in [0.29, 0.717) is 0 Å². The maximum Gasteiger partial charge on any atom is 0.395 e. The molecule has 0 radical (unpaired) electrons.